The lowest BCUT2D eigenvalue weighted by molar-refractivity contribution is 0.114. The van der Waals surface area contributed by atoms with Crippen molar-refractivity contribution in [1.29, 1.82) is 0 Å². The summed E-state index contributed by atoms with van der Waals surface area (Å²) in [6.07, 6.45) is 4.58. The minimum absolute atomic E-state index is 0.0444. The average Bonchev–Trinajstić information content (AvgIpc) is 2.96. The molecule has 24 heavy (non-hydrogen) atoms. The quantitative estimate of drug-likeness (QED) is 0.754. The van der Waals surface area contributed by atoms with Crippen molar-refractivity contribution in [3.8, 4) is 0 Å². The van der Waals surface area contributed by atoms with E-state index >= 15 is 0 Å². The van der Waals surface area contributed by atoms with E-state index in [-0.39, 0.29) is 18.1 Å². The molecule has 0 heterocycles. The zero-order valence-corrected chi connectivity index (χ0v) is 15.2. The van der Waals surface area contributed by atoms with Crippen molar-refractivity contribution in [1.82, 2.24) is 10.2 Å². The number of aliphatic hydroxyl groups is 1. The van der Waals surface area contributed by atoms with Gasteiger partial charge in [-0.15, -0.1) is 0 Å². The second-order valence-electron chi connectivity index (χ2n) is 7.04. The van der Waals surface area contributed by atoms with Gasteiger partial charge in [0.1, 0.15) is 0 Å². The highest BCUT2D eigenvalue weighted by Crippen LogP contribution is 2.25. The van der Waals surface area contributed by atoms with Crippen LogP contribution >= 0.6 is 0 Å². The Morgan fingerprint density at radius 1 is 1.21 bits per heavy atom. The summed E-state index contributed by atoms with van der Waals surface area (Å²) >= 11 is 0. The van der Waals surface area contributed by atoms with Crippen LogP contribution in [0.1, 0.15) is 31.2 Å². The number of benzene rings is 1. The fourth-order valence-corrected chi connectivity index (χ4v) is 3.25. The van der Waals surface area contributed by atoms with Gasteiger partial charge in [0.05, 0.1) is 6.10 Å². The third-order valence-corrected chi connectivity index (χ3v) is 4.85. The van der Waals surface area contributed by atoms with Crippen molar-refractivity contribution in [2.24, 2.45) is 5.92 Å². The van der Waals surface area contributed by atoms with E-state index in [0.29, 0.717) is 13.1 Å². The normalized spacial score (nSPS) is 20.0. The molecule has 2 atom stereocenters. The standard InChI is InChI=1S/C19H31N3O2/c1-21(2)17-11-9-15(10-12-17)6-5-13-20-19(24)22(3)14-16-7-4-8-18(16)23/h9-12,16,18,23H,4-8,13-14H2,1-3H3,(H,20,24). The maximum atomic E-state index is 12.1. The number of rotatable bonds is 7. The Labute approximate surface area is 145 Å². The first-order valence-electron chi connectivity index (χ1n) is 8.90. The van der Waals surface area contributed by atoms with Crippen LogP contribution < -0.4 is 10.2 Å². The molecule has 5 nitrogen and oxygen atoms in total. The van der Waals surface area contributed by atoms with E-state index in [4.69, 9.17) is 0 Å². The van der Waals surface area contributed by atoms with Crippen LogP contribution in [0.3, 0.4) is 0 Å². The van der Waals surface area contributed by atoms with Gasteiger partial charge in [0.2, 0.25) is 0 Å². The summed E-state index contributed by atoms with van der Waals surface area (Å²) in [7, 11) is 5.87. The van der Waals surface area contributed by atoms with E-state index in [1.54, 1.807) is 11.9 Å². The minimum Gasteiger partial charge on any atom is -0.393 e. The number of hydrogen-bond acceptors (Lipinski definition) is 3. The summed E-state index contributed by atoms with van der Waals surface area (Å²) in [6.45, 7) is 1.31. The lowest BCUT2D eigenvalue weighted by Gasteiger charge is -2.23. The minimum atomic E-state index is -0.245. The molecule has 0 saturated heterocycles. The molecule has 1 saturated carbocycles. The van der Waals surface area contributed by atoms with Crippen molar-refractivity contribution in [2.45, 2.75) is 38.2 Å². The maximum Gasteiger partial charge on any atom is 0.317 e. The summed E-state index contributed by atoms with van der Waals surface area (Å²) in [6, 6.07) is 8.48. The zero-order chi connectivity index (χ0) is 17.5. The summed E-state index contributed by atoms with van der Waals surface area (Å²) in [5.74, 6) is 0.232. The lowest BCUT2D eigenvalue weighted by atomic mass is 10.1. The highest BCUT2D eigenvalue weighted by atomic mass is 16.3. The van der Waals surface area contributed by atoms with E-state index in [2.05, 4.69) is 34.5 Å². The van der Waals surface area contributed by atoms with Crippen molar-refractivity contribution in [3.63, 3.8) is 0 Å². The van der Waals surface area contributed by atoms with Crippen LogP contribution in [0.2, 0.25) is 0 Å². The number of carbonyl (C=O) groups is 1. The van der Waals surface area contributed by atoms with E-state index in [9.17, 15) is 9.90 Å². The molecule has 2 unspecified atom stereocenters. The third-order valence-electron chi connectivity index (χ3n) is 4.85. The molecule has 1 aromatic rings. The Morgan fingerprint density at radius 2 is 1.92 bits per heavy atom. The van der Waals surface area contributed by atoms with E-state index in [1.807, 2.05) is 14.1 Å². The molecule has 0 bridgehead atoms. The van der Waals surface area contributed by atoms with Crippen LogP contribution in [0.5, 0.6) is 0 Å². The van der Waals surface area contributed by atoms with Crippen molar-refractivity contribution in [3.05, 3.63) is 29.8 Å². The SMILES string of the molecule is CN(CC1CCCC1O)C(=O)NCCCc1ccc(N(C)C)cc1. The summed E-state index contributed by atoms with van der Waals surface area (Å²) in [4.78, 5) is 15.9. The predicted octanol–water partition coefficient (Wildman–Crippen LogP) is 2.49. The molecule has 1 aliphatic rings. The molecule has 1 aliphatic carbocycles. The number of hydrogen-bond donors (Lipinski definition) is 2. The summed E-state index contributed by atoms with van der Waals surface area (Å²) in [5.41, 5.74) is 2.49. The van der Waals surface area contributed by atoms with Gasteiger partial charge in [-0.05, 0) is 43.4 Å². The highest BCUT2D eigenvalue weighted by molar-refractivity contribution is 5.73. The Hall–Kier alpha value is -1.75. The average molecular weight is 333 g/mol. The van der Waals surface area contributed by atoms with Crippen molar-refractivity contribution in [2.75, 3.05) is 39.1 Å². The van der Waals surface area contributed by atoms with Crippen LogP contribution in [-0.2, 0) is 6.42 Å². The van der Waals surface area contributed by atoms with Gasteiger partial charge in [-0.25, -0.2) is 4.79 Å². The number of urea groups is 1. The number of nitrogens with one attached hydrogen (secondary N) is 1. The van der Waals surface area contributed by atoms with Gasteiger partial charge in [-0.1, -0.05) is 18.6 Å². The van der Waals surface area contributed by atoms with Crippen LogP contribution in [-0.4, -0.2) is 56.4 Å². The monoisotopic (exact) mass is 333 g/mol. The maximum absolute atomic E-state index is 12.1. The Kier molecular flexibility index (Phi) is 6.91. The Morgan fingerprint density at radius 3 is 2.50 bits per heavy atom. The number of carbonyl (C=O) groups excluding carboxylic acids is 1. The van der Waals surface area contributed by atoms with Gasteiger partial charge in [-0.3, -0.25) is 0 Å². The number of aryl methyl sites for hydroxylation is 1. The fourth-order valence-electron chi connectivity index (χ4n) is 3.25. The molecule has 2 N–H and O–H groups in total. The molecule has 0 spiro atoms. The molecule has 0 aliphatic heterocycles. The molecule has 5 heteroatoms. The van der Waals surface area contributed by atoms with Crippen LogP contribution in [0.4, 0.5) is 10.5 Å². The first-order chi connectivity index (χ1) is 11.5. The van der Waals surface area contributed by atoms with Gasteiger partial charge in [-0.2, -0.15) is 0 Å². The third kappa shape index (κ3) is 5.41. The number of amides is 2. The van der Waals surface area contributed by atoms with Gasteiger partial charge in [0, 0.05) is 45.8 Å². The smallest absolute Gasteiger partial charge is 0.317 e. The molecule has 2 amide bonds. The molecule has 0 aromatic heterocycles. The van der Waals surface area contributed by atoms with Gasteiger partial charge in [0.25, 0.3) is 0 Å². The largest absolute Gasteiger partial charge is 0.393 e. The lowest BCUT2D eigenvalue weighted by Crippen LogP contribution is -2.41. The Balaban J connectivity index is 1.65. The van der Waals surface area contributed by atoms with Crippen molar-refractivity contribution >= 4 is 11.7 Å². The van der Waals surface area contributed by atoms with Crippen LogP contribution in [0.15, 0.2) is 24.3 Å². The predicted molar refractivity (Wildman–Crippen MR) is 98.5 cm³/mol. The van der Waals surface area contributed by atoms with Crippen LogP contribution in [0, 0.1) is 5.92 Å². The number of nitrogens with zero attached hydrogens (tertiary/aromatic N) is 2. The highest BCUT2D eigenvalue weighted by Gasteiger charge is 2.27. The molecular formula is C19H31N3O2. The number of anilines is 1. The van der Waals surface area contributed by atoms with Crippen molar-refractivity contribution < 1.29 is 9.90 Å². The summed E-state index contributed by atoms with van der Waals surface area (Å²) in [5, 5.41) is 12.8. The van der Waals surface area contributed by atoms with E-state index < -0.39 is 0 Å². The van der Waals surface area contributed by atoms with E-state index in [1.165, 1.54) is 11.3 Å². The molecule has 134 valence electrons. The fraction of sp³-hybridized carbons (Fsp3) is 0.632. The van der Waals surface area contributed by atoms with Gasteiger partial charge < -0.3 is 20.2 Å². The molecule has 0 radical (unpaired) electrons. The Bertz CT molecular complexity index is 516. The second kappa shape index (κ2) is 8.92. The number of aliphatic hydroxyl groups excluding tert-OH is 1. The molecule has 1 aromatic carbocycles. The van der Waals surface area contributed by atoms with Gasteiger partial charge in [0.15, 0.2) is 0 Å². The molecule has 2 rings (SSSR count). The first kappa shape index (κ1) is 18.6. The first-order valence-corrected chi connectivity index (χ1v) is 8.90. The van der Waals surface area contributed by atoms with Gasteiger partial charge >= 0.3 is 6.03 Å². The topological polar surface area (TPSA) is 55.8 Å². The van der Waals surface area contributed by atoms with Crippen LogP contribution in [0.25, 0.3) is 0 Å². The molecular weight excluding hydrogens is 302 g/mol. The molecule has 1 fully saturated rings. The van der Waals surface area contributed by atoms with E-state index in [0.717, 1.165) is 32.1 Å². The second-order valence-corrected chi connectivity index (χ2v) is 7.04. The zero-order valence-electron chi connectivity index (χ0n) is 15.2. The summed E-state index contributed by atoms with van der Waals surface area (Å²) < 4.78 is 0.